The first-order valence-electron chi connectivity index (χ1n) is 10.2. The van der Waals surface area contributed by atoms with Crippen LogP contribution in [0.15, 0.2) is 54.6 Å². The van der Waals surface area contributed by atoms with Crippen LogP contribution in [-0.4, -0.2) is 31.4 Å². The number of halogens is 1. The number of benzene rings is 2. The van der Waals surface area contributed by atoms with Gasteiger partial charge in [0.1, 0.15) is 6.61 Å². The summed E-state index contributed by atoms with van der Waals surface area (Å²) in [5, 5.41) is 3.10. The Morgan fingerprint density at radius 1 is 0.938 bits per heavy atom. The lowest BCUT2D eigenvalue weighted by Crippen LogP contribution is -2.30. The second-order valence-corrected chi connectivity index (χ2v) is 8.58. The van der Waals surface area contributed by atoms with Gasteiger partial charge in [0.05, 0.1) is 11.3 Å². The zero-order chi connectivity index (χ0) is 23.6. The van der Waals surface area contributed by atoms with Crippen LogP contribution < -0.4 is 5.32 Å². The molecule has 0 radical (unpaired) electrons. The van der Waals surface area contributed by atoms with Crippen LogP contribution in [0, 0.1) is 5.41 Å². The molecule has 0 heterocycles. The van der Waals surface area contributed by atoms with Crippen LogP contribution in [0.25, 0.3) is 0 Å². The number of carbonyl (C=O) groups excluding carboxylic acids is 3. The lowest BCUT2D eigenvalue weighted by Gasteiger charge is -2.18. The van der Waals surface area contributed by atoms with Crippen LogP contribution in [0.4, 0.5) is 4.79 Å². The van der Waals surface area contributed by atoms with E-state index < -0.39 is 36.2 Å². The summed E-state index contributed by atoms with van der Waals surface area (Å²) in [4.78, 5) is 36.3. The monoisotopic (exact) mass is 461 g/mol. The first kappa shape index (κ1) is 25.2. The van der Waals surface area contributed by atoms with Crippen molar-refractivity contribution in [3.63, 3.8) is 0 Å². The highest BCUT2D eigenvalue weighted by Crippen LogP contribution is 2.23. The van der Waals surface area contributed by atoms with Crippen molar-refractivity contribution in [1.29, 1.82) is 0 Å². The molecule has 0 saturated carbocycles. The van der Waals surface area contributed by atoms with E-state index in [9.17, 15) is 14.4 Å². The van der Waals surface area contributed by atoms with Crippen LogP contribution in [-0.2, 0) is 30.4 Å². The largest absolute Gasteiger partial charge is 0.460 e. The van der Waals surface area contributed by atoms with E-state index in [0.717, 1.165) is 11.1 Å². The summed E-state index contributed by atoms with van der Waals surface area (Å²) in [5.41, 5.74) is 0.912. The average Bonchev–Trinajstić information content (AvgIpc) is 2.76. The maximum atomic E-state index is 12.8. The molecule has 32 heavy (non-hydrogen) atoms. The molecule has 2 aromatic carbocycles. The molecular weight excluding hydrogens is 434 g/mol. The van der Waals surface area contributed by atoms with E-state index in [2.05, 4.69) is 5.32 Å². The van der Waals surface area contributed by atoms with Crippen molar-refractivity contribution in [3.8, 4) is 0 Å². The van der Waals surface area contributed by atoms with Gasteiger partial charge < -0.3 is 19.5 Å². The van der Waals surface area contributed by atoms with Gasteiger partial charge in [0.25, 0.3) is 0 Å². The molecule has 0 aliphatic heterocycles. The number of carbonyl (C=O) groups is 3. The molecule has 7 nitrogen and oxygen atoms in total. The van der Waals surface area contributed by atoms with Crippen molar-refractivity contribution in [2.75, 3.05) is 13.3 Å². The van der Waals surface area contributed by atoms with Gasteiger partial charge in [0.2, 0.25) is 6.79 Å². The van der Waals surface area contributed by atoms with Gasteiger partial charge in [-0.15, -0.1) is 0 Å². The molecule has 0 aromatic heterocycles. The Bertz CT molecular complexity index is 893. The van der Waals surface area contributed by atoms with Crippen LogP contribution >= 0.6 is 11.6 Å². The number of amides is 1. The third-order valence-corrected chi connectivity index (χ3v) is 4.73. The number of alkyl carbamates (subject to hydrolysis) is 1. The quantitative estimate of drug-likeness (QED) is 0.425. The second kappa shape index (κ2) is 12.1. The van der Waals surface area contributed by atoms with Crippen LogP contribution in [0.1, 0.15) is 44.2 Å². The Morgan fingerprint density at radius 2 is 1.59 bits per heavy atom. The number of rotatable bonds is 9. The molecule has 172 valence electrons. The van der Waals surface area contributed by atoms with Crippen molar-refractivity contribution < 1.29 is 28.6 Å². The van der Waals surface area contributed by atoms with E-state index in [0.29, 0.717) is 5.02 Å². The molecule has 0 aliphatic carbocycles. The van der Waals surface area contributed by atoms with E-state index in [-0.39, 0.29) is 19.6 Å². The summed E-state index contributed by atoms with van der Waals surface area (Å²) in [6.45, 7) is 4.91. The van der Waals surface area contributed by atoms with Gasteiger partial charge in [-0.1, -0.05) is 54.1 Å². The van der Waals surface area contributed by atoms with E-state index >= 15 is 0 Å². The molecule has 0 bridgehead atoms. The molecular formula is C24H28ClNO6. The lowest BCUT2D eigenvalue weighted by atomic mass is 9.96. The third kappa shape index (κ3) is 8.59. The number of esters is 2. The minimum absolute atomic E-state index is 0.151. The predicted molar refractivity (Wildman–Crippen MR) is 120 cm³/mol. The lowest BCUT2D eigenvalue weighted by molar-refractivity contribution is -0.161. The molecule has 2 aromatic rings. The maximum Gasteiger partial charge on any atom is 0.410 e. The molecule has 1 amide bonds. The topological polar surface area (TPSA) is 90.9 Å². The highest BCUT2D eigenvalue weighted by atomic mass is 35.5. The van der Waals surface area contributed by atoms with Crippen LogP contribution in [0.2, 0.25) is 5.02 Å². The first-order chi connectivity index (χ1) is 15.2. The smallest absolute Gasteiger partial charge is 0.410 e. The number of nitrogens with one attached hydrogen (secondary N) is 1. The Kier molecular flexibility index (Phi) is 9.53. The Morgan fingerprint density at radius 3 is 2.22 bits per heavy atom. The number of hydrogen-bond acceptors (Lipinski definition) is 6. The highest BCUT2D eigenvalue weighted by Gasteiger charge is 2.24. The zero-order valence-electron chi connectivity index (χ0n) is 18.4. The first-order valence-corrected chi connectivity index (χ1v) is 10.6. The molecule has 0 aliphatic rings. The minimum Gasteiger partial charge on any atom is -0.460 e. The third-order valence-electron chi connectivity index (χ3n) is 4.48. The fraction of sp³-hybridized carbons (Fsp3) is 0.375. The van der Waals surface area contributed by atoms with Crippen molar-refractivity contribution in [2.24, 2.45) is 5.41 Å². The summed E-state index contributed by atoms with van der Waals surface area (Å²) in [6.07, 6.45) is -0.467. The van der Waals surface area contributed by atoms with Gasteiger partial charge >= 0.3 is 18.0 Å². The van der Waals surface area contributed by atoms with E-state index in [1.54, 1.807) is 45.0 Å². The van der Waals surface area contributed by atoms with Crippen molar-refractivity contribution in [3.05, 3.63) is 70.7 Å². The van der Waals surface area contributed by atoms with E-state index in [4.69, 9.17) is 25.8 Å². The molecule has 2 rings (SSSR count). The van der Waals surface area contributed by atoms with Gasteiger partial charge in [-0.2, -0.15) is 0 Å². The Balaban J connectivity index is 1.88. The maximum absolute atomic E-state index is 12.8. The second-order valence-electron chi connectivity index (χ2n) is 8.14. The van der Waals surface area contributed by atoms with E-state index in [1.807, 2.05) is 30.3 Å². The molecule has 8 heteroatoms. The van der Waals surface area contributed by atoms with Gasteiger partial charge in [-0.25, -0.2) is 4.79 Å². The summed E-state index contributed by atoms with van der Waals surface area (Å²) in [7, 11) is 0. The standard InChI is InChI=1S/C24H28ClNO6/c1-24(2,3)22(28)31-16-32-23(29)26-14-13-20(18-9-11-19(25)12-10-18)21(27)30-15-17-7-5-4-6-8-17/h4-12,20H,13-16H2,1-3H3,(H,26,29). The van der Waals surface area contributed by atoms with E-state index in [1.165, 1.54) is 0 Å². The molecule has 1 N–H and O–H groups in total. The SMILES string of the molecule is CC(C)(C)C(=O)OCOC(=O)NCCC(C(=O)OCc1ccccc1)c1ccc(Cl)cc1. The zero-order valence-corrected chi connectivity index (χ0v) is 19.2. The minimum atomic E-state index is -0.751. The Hall–Kier alpha value is -3.06. The predicted octanol–water partition coefficient (Wildman–Crippen LogP) is 4.83. The number of hydrogen-bond donors (Lipinski definition) is 1. The summed E-state index contributed by atoms with van der Waals surface area (Å²) < 4.78 is 15.2. The molecule has 1 unspecified atom stereocenters. The summed E-state index contributed by atoms with van der Waals surface area (Å²) >= 11 is 5.96. The van der Waals surface area contributed by atoms with Gasteiger partial charge in [0.15, 0.2) is 0 Å². The van der Waals surface area contributed by atoms with Crippen molar-refractivity contribution in [1.82, 2.24) is 5.32 Å². The molecule has 0 fully saturated rings. The molecule has 0 saturated heterocycles. The van der Waals surface area contributed by atoms with Crippen LogP contribution in [0.3, 0.4) is 0 Å². The normalized spacial score (nSPS) is 11.9. The fourth-order valence-corrected chi connectivity index (χ4v) is 2.79. The highest BCUT2D eigenvalue weighted by molar-refractivity contribution is 6.30. The van der Waals surface area contributed by atoms with Gasteiger partial charge in [-0.3, -0.25) is 9.59 Å². The average molecular weight is 462 g/mol. The number of ether oxygens (including phenoxy) is 3. The summed E-state index contributed by atoms with van der Waals surface area (Å²) in [5.74, 6) is -1.49. The molecule has 0 spiro atoms. The van der Waals surface area contributed by atoms with Crippen LogP contribution in [0.5, 0.6) is 0 Å². The molecule has 1 atom stereocenters. The Labute approximate surface area is 193 Å². The fourth-order valence-electron chi connectivity index (χ4n) is 2.67. The van der Waals surface area contributed by atoms with Gasteiger partial charge in [0, 0.05) is 11.6 Å². The van der Waals surface area contributed by atoms with Crippen molar-refractivity contribution in [2.45, 2.75) is 39.7 Å². The van der Waals surface area contributed by atoms with Gasteiger partial charge in [-0.05, 0) is 50.5 Å². The van der Waals surface area contributed by atoms with Crippen molar-refractivity contribution >= 4 is 29.6 Å². The summed E-state index contributed by atoms with van der Waals surface area (Å²) in [6, 6.07) is 16.3.